The van der Waals surface area contributed by atoms with Crippen molar-refractivity contribution in [3.05, 3.63) is 47.4 Å². The molecule has 3 atom stereocenters. The summed E-state index contributed by atoms with van der Waals surface area (Å²) in [4.78, 5) is 1.02. The Morgan fingerprint density at radius 2 is 2.07 bits per heavy atom. The van der Waals surface area contributed by atoms with Gasteiger partial charge in [0.1, 0.15) is 4.91 Å². The second-order valence-corrected chi connectivity index (χ2v) is 6.08. The Labute approximate surface area is 87.1 Å². The molecule has 1 nitrogen and oxygen atoms in total. The molecule has 0 spiro atoms. The molecule has 14 heavy (non-hydrogen) atoms. The fourth-order valence-corrected chi connectivity index (χ4v) is 4.62. The predicted molar refractivity (Wildman–Crippen MR) is 59.1 cm³/mol. The van der Waals surface area contributed by atoms with Crippen LogP contribution >= 0.6 is 0 Å². The molecule has 2 aliphatic carbocycles. The Morgan fingerprint density at radius 3 is 2.86 bits per heavy atom. The Kier molecular flexibility index (Phi) is 1.49. The van der Waals surface area contributed by atoms with Crippen LogP contribution < -0.4 is 0 Å². The molecule has 0 bridgehead atoms. The first-order valence-electron chi connectivity index (χ1n) is 4.86. The highest BCUT2D eigenvalue weighted by molar-refractivity contribution is 7.97. The van der Waals surface area contributed by atoms with Gasteiger partial charge < -0.3 is 4.55 Å². The second-order valence-electron chi connectivity index (χ2n) is 4.17. The van der Waals surface area contributed by atoms with Gasteiger partial charge >= 0.3 is 0 Å². The standard InChI is InChI=1S/C12H12OS/c1-10-9-11-5-2-3-7-12(11,14(10)13)8-4-6-11/h2-7,9H,8H2,1H3. The number of allylic oxidation sites excluding steroid dienone is 7. The largest absolute Gasteiger partial charge is 0.611 e. The van der Waals surface area contributed by atoms with Gasteiger partial charge in [0, 0.05) is 13.3 Å². The van der Waals surface area contributed by atoms with E-state index in [1.54, 1.807) is 0 Å². The number of hydrogen-bond donors (Lipinski definition) is 0. The molecule has 0 fully saturated rings. The van der Waals surface area contributed by atoms with E-state index in [4.69, 9.17) is 0 Å². The fourth-order valence-electron chi connectivity index (χ4n) is 2.78. The van der Waals surface area contributed by atoms with Gasteiger partial charge in [0.2, 0.25) is 0 Å². The van der Waals surface area contributed by atoms with Crippen LogP contribution in [0.15, 0.2) is 47.4 Å². The molecule has 2 heteroatoms. The third-order valence-corrected chi connectivity index (χ3v) is 5.48. The van der Waals surface area contributed by atoms with Gasteiger partial charge in [-0.25, -0.2) is 0 Å². The fraction of sp³-hybridized carbons (Fsp3) is 0.333. The maximum atomic E-state index is 12.3. The maximum absolute atomic E-state index is 12.3. The van der Waals surface area contributed by atoms with Crippen LogP contribution in [-0.2, 0) is 11.2 Å². The highest BCUT2D eigenvalue weighted by atomic mass is 32.2. The van der Waals surface area contributed by atoms with E-state index in [1.165, 1.54) is 0 Å². The van der Waals surface area contributed by atoms with Gasteiger partial charge in [-0.1, -0.05) is 30.4 Å². The minimum atomic E-state index is -0.859. The molecule has 3 rings (SSSR count). The van der Waals surface area contributed by atoms with E-state index in [1.807, 2.05) is 13.0 Å². The molecule has 72 valence electrons. The van der Waals surface area contributed by atoms with Crippen LogP contribution in [0.2, 0.25) is 0 Å². The minimum absolute atomic E-state index is 0.0866. The van der Waals surface area contributed by atoms with Gasteiger partial charge in [0.25, 0.3) is 0 Å². The van der Waals surface area contributed by atoms with Crippen molar-refractivity contribution < 1.29 is 4.55 Å². The van der Waals surface area contributed by atoms with E-state index in [9.17, 15) is 4.55 Å². The summed E-state index contributed by atoms with van der Waals surface area (Å²) in [5, 5.41) is 0. The van der Waals surface area contributed by atoms with E-state index < -0.39 is 11.2 Å². The topological polar surface area (TPSA) is 23.1 Å². The molecule has 0 amide bonds. The molecule has 1 heterocycles. The molecular weight excluding hydrogens is 192 g/mol. The van der Waals surface area contributed by atoms with Crippen LogP contribution in [-0.4, -0.2) is 9.30 Å². The van der Waals surface area contributed by atoms with E-state index in [2.05, 4.69) is 36.5 Å². The zero-order valence-electron chi connectivity index (χ0n) is 8.07. The van der Waals surface area contributed by atoms with Crippen molar-refractivity contribution in [2.45, 2.75) is 18.1 Å². The van der Waals surface area contributed by atoms with Crippen molar-refractivity contribution in [1.29, 1.82) is 0 Å². The van der Waals surface area contributed by atoms with Crippen LogP contribution in [0.3, 0.4) is 0 Å². The highest BCUT2D eigenvalue weighted by Crippen LogP contribution is 2.58. The van der Waals surface area contributed by atoms with Crippen LogP contribution in [0, 0.1) is 5.41 Å². The van der Waals surface area contributed by atoms with Crippen molar-refractivity contribution in [1.82, 2.24) is 0 Å². The van der Waals surface area contributed by atoms with E-state index in [0.717, 1.165) is 11.3 Å². The second kappa shape index (κ2) is 2.44. The predicted octanol–water partition coefficient (Wildman–Crippen LogP) is 2.46. The molecule has 0 radical (unpaired) electrons. The van der Waals surface area contributed by atoms with Gasteiger partial charge in [-0.05, 0) is 23.3 Å². The third kappa shape index (κ3) is 0.733. The van der Waals surface area contributed by atoms with E-state index in [-0.39, 0.29) is 10.2 Å². The maximum Gasteiger partial charge on any atom is 0.168 e. The van der Waals surface area contributed by atoms with Crippen molar-refractivity contribution >= 4 is 11.2 Å². The number of hydrogen-bond acceptors (Lipinski definition) is 1. The molecule has 0 saturated heterocycles. The Morgan fingerprint density at radius 1 is 1.29 bits per heavy atom. The average Bonchev–Trinajstić information content (AvgIpc) is 2.64. The minimum Gasteiger partial charge on any atom is -0.611 e. The first-order chi connectivity index (χ1) is 6.70. The lowest BCUT2D eigenvalue weighted by Gasteiger charge is -2.36. The lowest BCUT2D eigenvalue weighted by Crippen LogP contribution is -2.43. The molecule has 0 aromatic carbocycles. The molecular formula is C12H12OS. The van der Waals surface area contributed by atoms with Gasteiger partial charge in [0.05, 0.1) is 5.41 Å². The quantitative estimate of drug-likeness (QED) is 0.439. The molecule has 0 aromatic rings. The third-order valence-electron chi connectivity index (χ3n) is 3.46. The SMILES string of the molecule is CC1=CC23C=CC=CC2(CC=C3)[S+]1[O-]. The van der Waals surface area contributed by atoms with Gasteiger partial charge in [0.15, 0.2) is 4.75 Å². The van der Waals surface area contributed by atoms with E-state index >= 15 is 0 Å². The van der Waals surface area contributed by atoms with Crippen LogP contribution in [0.1, 0.15) is 13.3 Å². The molecule has 0 saturated carbocycles. The zero-order valence-corrected chi connectivity index (χ0v) is 8.88. The molecule has 0 aromatic heterocycles. The smallest absolute Gasteiger partial charge is 0.168 e. The van der Waals surface area contributed by atoms with E-state index in [0.29, 0.717) is 0 Å². The summed E-state index contributed by atoms with van der Waals surface area (Å²) in [6.07, 6.45) is 15.8. The normalized spacial score (nSPS) is 47.9. The molecule has 3 unspecified atom stereocenters. The van der Waals surface area contributed by atoms with Gasteiger partial charge in [-0.2, -0.15) is 0 Å². The van der Waals surface area contributed by atoms with Gasteiger partial charge in [-0.15, -0.1) is 0 Å². The van der Waals surface area contributed by atoms with Gasteiger partial charge in [-0.3, -0.25) is 0 Å². The summed E-state index contributed by atoms with van der Waals surface area (Å²) in [6.45, 7) is 1.97. The lowest BCUT2D eigenvalue weighted by atomic mass is 9.75. The van der Waals surface area contributed by atoms with Crippen LogP contribution in [0.5, 0.6) is 0 Å². The average molecular weight is 204 g/mol. The Hall–Kier alpha value is -0.730. The number of rotatable bonds is 0. The van der Waals surface area contributed by atoms with Crippen molar-refractivity contribution in [2.75, 3.05) is 0 Å². The Bertz CT molecular complexity index is 405. The van der Waals surface area contributed by atoms with Crippen molar-refractivity contribution in [3.8, 4) is 0 Å². The Balaban J connectivity index is 2.25. The lowest BCUT2D eigenvalue weighted by molar-refractivity contribution is 0.485. The zero-order chi connectivity index (χ0) is 9.81. The summed E-state index contributed by atoms with van der Waals surface area (Å²) in [5.74, 6) is 0. The summed E-state index contributed by atoms with van der Waals surface area (Å²) < 4.78 is 12.1. The molecule has 1 aliphatic heterocycles. The first kappa shape index (κ1) is 8.57. The van der Waals surface area contributed by atoms with Crippen LogP contribution in [0.4, 0.5) is 0 Å². The van der Waals surface area contributed by atoms with Crippen molar-refractivity contribution in [2.24, 2.45) is 5.41 Å². The molecule has 3 aliphatic rings. The highest BCUT2D eigenvalue weighted by Gasteiger charge is 2.62. The summed E-state index contributed by atoms with van der Waals surface area (Å²) >= 11 is -0.859. The molecule has 0 N–H and O–H groups in total. The first-order valence-corrected chi connectivity index (χ1v) is 6.01. The van der Waals surface area contributed by atoms with Crippen molar-refractivity contribution in [3.63, 3.8) is 0 Å². The summed E-state index contributed by atoms with van der Waals surface area (Å²) in [7, 11) is 0. The summed E-state index contributed by atoms with van der Waals surface area (Å²) in [5.41, 5.74) is -0.0866. The van der Waals surface area contributed by atoms with Crippen LogP contribution in [0.25, 0.3) is 0 Å². The monoisotopic (exact) mass is 204 g/mol. The summed E-state index contributed by atoms with van der Waals surface area (Å²) in [6, 6.07) is 0.